The Balaban J connectivity index is 2.36. The van der Waals surface area contributed by atoms with E-state index in [1.807, 2.05) is 38.1 Å². The topological polar surface area (TPSA) is 58.6 Å². The SMILES string of the molecule is CCC(O)CCNC(=O)CC(C)c1ccc(OC)cc1. The molecule has 0 heterocycles. The van der Waals surface area contributed by atoms with Gasteiger partial charge in [-0.15, -0.1) is 0 Å². The molecule has 2 atom stereocenters. The fourth-order valence-electron chi connectivity index (χ4n) is 1.98. The van der Waals surface area contributed by atoms with E-state index >= 15 is 0 Å². The molecule has 0 aliphatic heterocycles. The summed E-state index contributed by atoms with van der Waals surface area (Å²) >= 11 is 0. The van der Waals surface area contributed by atoms with Gasteiger partial charge in [-0.3, -0.25) is 4.79 Å². The standard InChI is InChI=1S/C16H25NO3/c1-4-14(18)9-10-17-16(19)11-12(2)13-5-7-15(20-3)8-6-13/h5-8,12,14,18H,4,9-11H2,1-3H3,(H,17,19). The van der Waals surface area contributed by atoms with E-state index in [-0.39, 0.29) is 17.9 Å². The Hall–Kier alpha value is -1.55. The van der Waals surface area contributed by atoms with Crippen LogP contribution in [0.2, 0.25) is 0 Å². The van der Waals surface area contributed by atoms with Gasteiger partial charge < -0.3 is 15.2 Å². The van der Waals surface area contributed by atoms with Crippen molar-refractivity contribution in [2.24, 2.45) is 0 Å². The Kier molecular flexibility index (Phi) is 7.09. The van der Waals surface area contributed by atoms with E-state index in [2.05, 4.69) is 5.32 Å². The number of nitrogens with one attached hydrogen (secondary N) is 1. The number of carbonyl (C=O) groups excluding carboxylic acids is 1. The highest BCUT2D eigenvalue weighted by Gasteiger charge is 2.11. The third-order valence-electron chi connectivity index (χ3n) is 3.45. The molecule has 0 aromatic heterocycles. The van der Waals surface area contributed by atoms with Crippen LogP contribution >= 0.6 is 0 Å². The van der Waals surface area contributed by atoms with Gasteiger partial charge in [-0.25, -0.2) is 0 Å². The predicted molar refractivity (Wildman–Crippen MR) is 80.0 cm³/mol. The lowest BCUT2D eigenvalue weighted by atomic mass is 9.97. The van der Waals surface area contributed by atoms with Gasteiger partial charge in [0.1, 0.15) is 5.75 Å². The summed E-state index contributed by atoms with van der Waals surface area (Å²) in [4.78, 5) is 11.8. The Bertz CT molecular complexity index is 403. The first-order valence-electron chi connectivity index (χ1n) is 7.15. The zero-order valence-corrected chi connectivity index (χ0v) is 12.6. The zero-order valence-electron chi connectivity index (χ0n) is 12.6. The van der Waals surface area contributed by atoms with Crippen LogP contribution in [0, 0.1) is 0 Å². The summed E-state index contributed by atoms with van der Waals surface area (Å²) in [6.07, 6.45) is 1.46. The molecule has 1 amide bonds. The molecule has 0 saturated carbocycles. The van der Waals surface area contributed by atoms with Crippen LogP contribution in [0.3, 0.4) is 0 Å². The first kappa shape index (κ1) is 16.5. The number of hydrogen-bond acceptors (Lipinski definition) is 3. The monoisotopic (exact) mass is 279 g/mol. The van der Waals surface area contributed by atoms with Gasteiger partial charge in [0.15, 0.2) is 0 Å². The van der Waals surface area contributed by atoms with E-state index in [9.17, 15) is 9.90 Å². The van der Waals surface area contributed by atoms with Gasteiger partial charge in [0.25, 0.3) is 0 Å². The zero-order chi connectivity index (χ0) is 15.0. The summed E-state index contributed by atoms with van der Waals surface area (Å²) in [6, 6.07) is 7.78. The summed E-state index contributed by atoms with van der Waals surface area (Å²) in [5.74, 6) is 1.01. The number of carbonyl (C=O) groups is 1. The number of methoxy groups -OCH3 is 1. The maximum absolute atomic E-state index is 11.8. The quantitative estimate of drug-likeness (QED) is 0.768. The number of ether oxygens (including phenoxy) is 1. The molecule has 4 heteroatoms. The molecule has 0 spiro atoms. The molecule has 112 valence electrons. The van der Waals surface area contributed by atoms with Crippen molar-refractivity contribution in [3.8, 4) is 5.75 Å². The second-order valence-corrected chi connectivity index (χ2v) is 5.08. The average molecular weight is 279 g/mol. The minimum Gasteiger partial charge on any atom is -0.497 e. The molecule has 4 nitrogen and oxygen atoms in total. The van der Waals surface area contributed by atoms with E-state index in [1.54, 1.807) is 7.11 Å². The molecule has 1 aromatic rings. The molecule has 1 aromatic carbocycles. The fraction of sp³-hybridized carbons (Fsp3) is 0.562. The first-order chi connectivity index (χ1) is 9.56. The number of amides is 1. The van der Waals surface area contributed by atoms with Gasteiger partial charge in [0, 0.05) is 13.0 Å². The van der Waals surface area contributed by atoms with E-state index in [0.29, 0.717) is 19.4 Å². The van der Waals surface area contributed by atoms with E-state index in [1.165, 1.54) is 0 Å². The summed E-state index contributed by atoms with van der Waals surface area (Å²) < 4.78 is 5.11. The molecule has 20 heavy (non-hydrogen) atoms. The Morgan fingerprint density at radius 3 is 2.55 bits per heavy atom. The van der Waals surface area contributed by atoms with Crippen LogP contribution in [0.1, 0.15) is 44.6 Å². The smallest absolute Gasteiger partial charge is 0.220 e. The summed E-state index contributed by atoms with van der Waals surface area (Å²) in [6.45, 7) is 4.49. The van der Waals surface area contributed by atoms with Crippen LogP contribution in [0.5, 0.6) is 5.75 Å². The van der Waals surface area contributed by atoms with Crippen LogP contribution in [0.25, 0.3) is 0 Å². The number of aliphatic hydroxyl groups excluding tert-OH is 1. The summed E-state index contributed by atoms with van der Waals surface area (Å²) in [5, 5.41) is 12.3. The van der Waals surface area contributed by atoms with Gasteiger partial charge in [-0.05, 0) is 36.5 Å². The first-order valence-corrected chi connectivity index (χ1v) is 7.15. The lowest BCUT2D eigenvalue weighted by Crippen LogP contribution is -2.27. The minimum absolute atomic E-state index is 0.0246. The normalized spacial score (nSPS) is 13.6. The van der Waals surface area contributed by atoms with Crippen molar-refractivity contribution in [3.05, 3.63) is 29.8 Å². The summed E-state index contributed by atoms with van der Waals surface area (Å²) in [7, 11) is 1.64. The summed E-state index contributed by atoms with van der Waals surface area (Å²) in [5.41, 5.74) is 1.12. The lowest BCUT2D eigenvalue weighted by molar-refractivity contribution is -0.121. The molecule has 0 saturated heterocycles. The van der Waals surface area contributed by atoms with Crippen molar-refractivity contribution in [1.29, 1.82) is 0 Å². The maximum Gasteiger partial charge on any atom is 0.220 e. The highest BCUT2D eigenvalue weighted by molar-refractivity contribution is 5.76. The predicted octanol–water partition coefficient (Wildman–Crippen LogP) is 2.47. The average Bonchev–Trinajstić information content (AvgIpc) is 2.47. The maximum atomic E-state index is 11.8. The lowest BCUT2D eigenvalue weighted by Gasteiger charge is -2.13. The van der Waals surface area contributed by atoms with E-state index < -0.39 is 0 Å². The van der Waals surface area contributed by atoms with Crippen molar-refractivity contribution in [3.63, 3.8) is 0 Å². The molecule has 0 aliphatic rings. The highest BCUT2D eigenvalue weighted by Crippen LogP contribution is 2.21. The number of benzene rings is 1. The van der Waals surface area contributed by atoms with E-state index in [0.717, 1.165) is 17.7 Å². The van der Waals surface area contributed by atoms with Gasteiger partial charge >= 0.3 is 0 Å². The molecule has 0 fully saturated rings. The Morgan fingerprint density at radius 2 is 2.00 bits per heavy atom. The van der Waals surface area contributed by atoms with Gasteiger partial charge in [-0.2, -0.15) is 0 Å². The minimum atomic E-state index is -0.325. The molecular weight excluding hydrogens is 254 g/mol. The van der Waals surface area contributed by atoms with Crippen LogP contribution in [-0.2, 0) is 4.79 Å². The van der Waals surface area contributed by atoms with Gasteiger partial charge in [0.05, 0.1) is 13.2 Å². The molecule has 0 bridgehead atoms. The fourth-order valence-corrected chi connectivity index (χ4v) is 1.98. The van der Waals surface area contributed by atoms with Gasteiger partial charge in [0.2, 0.25) is 5.91 Å². The third kappa shape index (κ3) is 5.61. The number of hydrogen-bond donors (Lipinski definition) is 2. The number of aliphatic hydroxyl groups is 1. The van der Waals surface area contributed by atoms with Crippen LogP contribution in [-0.4, -0.2) is 30.8 Å². The molecular formula is C16H25NO3. The van der Waals surface area contributed by atoms with E-state index in [4.69, 9.17) is 4.74 Å². The van der Waals surface area contributed by atoms with Crippen molar-refractivity contribution < 1.29 is 14.6 Å². The Labute approximate surface area is 121 Å². The molecule has 0 aliphatic carbocycles. The Morgan fingerprint density at radius 1 is 1.35 bits per heavy atom. The molecule has 2 N–H and O–H groups in total. The molecule has 1 rings (SSSR count). The largest absolute Gasteiger partial charge is 0.497 e. The highest BCUT2D eigenvalue weighted by atomic mass is 16.5. The third-order valence-corrected chi connectivity index (χ3v) is 3.45. The van der Waals surface area contributed by atoms with Crippen LogP contribution < -0.4 is 10.1 Å². The van der Waals surface area contributed by atoms with Gasteiger partial charge in [-0.1, -0.05) is 26.0 Å². The second-order valence-electron chi connectivity index (χ2n) is 5.08. The number of rotatable bonds is 8. The van der Waals surface area contributed by atoms with Crippen molar-refractivity contribution in [2.45, 2.75) is 45.1 Å². The molecule has 2 unspecified atom stereocenters. The van der Waals surface area contributed by atoms with Crippen molar-refractivity contribution in [1.82, 2.24) is 5.32 Å². The van der Waals surface area contributed by atoms with Crippen molar-refractivity contribution in [2.75, 3.05) is 13.7 Å². The van der Waals surface area contributed by atoms with Crippen LogP contribution in [0.15, 0.2) is 24.3 Å². The molecule has 0 radical (unpaired) electrons. The van der Waals surface area contributed by atoms with Crippen LogP contribution in [0.4, 0.5) is 0 Å². The second kappa shape index (κ2) is 8.59. The van der Waals surface area contributed by atoms with Crippen molar-refractivity contribution >= 4 is 5.91 Å².